The summed E-state index contributed by atoms with van der Waals surface area (Å²) in [6.45, 7) is 7.44. The molecule has 3 fully saturated rings. The van der Waals surface area contributed by atoms with Crippen LogP contribution in [0.25, 0.3) is 0 Å². The first-order chi connectivity index (χ1) is 12.4. The second-order valence-electron chi connectivity index (χ2n) is 8.39. The fourth-order valence-electron chi connectivity index (χ4n) is 5.19. The van der Waals surface area contributed by atoms with Gasteiger partial charge in [-0.2, -0.15) is 4.98 Å². The third-order valence-electron chi connectivity index (χ3n) is 6.60. The molecule has 2 aliphatic heterocycles. The summed E-state index contributed by atoms with van der Waals surface area (Å²) in [4.78, 5) is 7.05. The maximum Gasteiger partial charge on any atom is 0.235 e. The number of fused-ring (bicyclic) bond motifs is 1. The van der Waals surface area contributed by atoms with Gasteiger partial charge in [-0.05, 0) is 32.6 Å². The summed E-state index contributed by atoms with van der Waals surface area (Å²) in [6.07, 6.45) is 6.71. The molecule has 3 aliphatic rings. The molecular weight excluding hydrogens is 352 g/mol. The lowest BCUT2D eigenvalue weighted by molar-refractivity contribution is 0.204. The maximum absolute atomic E-state index is 12.5. The van der Waals surface area contributed by atoms with Crippen molar-refractivity contribution in [3.63, 3.8) is 0 Å². The van der Waals surface area contributed by atoms with E-state index in [4.69, 9.17) is 4.52 Å². The molecule has 0 unspecified atom stereocenters. The maximum atomic E-state index is 12.5. The van der Waals surface area contributed by atoms with Gasteiger partial charge in [-0.3, -0.25) is 0 Å². The van der Waals surface area contributed by atoms with Crippen molar-refractivity contribution in [1.82, 2.24) is 19.3 Å². The molecule has 0 spiro atoms. The molecule has 0 bridgehead atoms. The molecule has 26 heavy (non-hydrogen) atoms. The normalized spacial score (nSPS) is 31.5. The SMILES string of the molecule is CCS(=O)(=O)N1C[C@@H]2CN(CC3CCCCC3)C[C@]2(c2nc(C)no2)C1. The van der Waals surface area contributed by atoms with E-state index in [2.05, 4.69) is 15.0 Å². The number of hydrogen-bond acceptors (Lipinski definition) is 6. The molecule has 4 rings (SSSR count). The molecule has 1 aromatic rings. The van der Waals surface area contributed by atoms with Gasteiger partial charge in [0.05, 0.1) is 11.2 Å². The first kappa shape index (κ1) is 18.4. The first-order valence-corrected chi connectivity index (χ1v) is 11.5. The molecule has 2 saturated heterocycles. The van der Waals surface area contributed by atoms with Crippen LogP contribution < -0.4 is 0 Å². The van der Waals surface area contributed by atoms with Crippen LogP contribution in [0.2, 0.25) is 0 Å². The zero-order valence-corrected chi connectivity index (χ0v) is 16.7. The van der Waals surface area contributed by atoms with Crippen molar-refractivity contribution in [2.75, 3.05) is 38.5 Å². The number of aryl methyl sites for hydroxylation is 1. The lowest BCUT2D eigenvalue weighted by atomic mass is 9.81. The Morgan fingerprint density at radius 3 is 2.62 bits per heavy atom. The molecule has 1 aromatic heterocycles. The van der Waals surface area contributed by atoms with Gasteiger partial charge in [-0.25, -0.2) is 12.7 Å². The number of nitrogens with zero attached hydrogens (tertiary/aromatic N) is 4. The standard InChI is InChI=1S/C18H30N4O3S/c1-3-26(23,24)22-11-16-10-21(9-15-7-5-4-6-8-15)12-18(16,13-22)17-19-14(2)20-25-17/h15-16H,3-13H2,1-2H3/t16-,18-/m0/s1. The molecule has 0 N–H and O–H groups in total. The predicted molar refractivity (Wildman–Crippen MR) is 98.3 cm³/mol. The zero-order chi connectivity index (χ0) is 18.4. The van der Waals surface area contributed by atoms with Crippen molar-refractivity contribution in [1.29, 1.82) is 0 Å². The van der Waals surface area contributed by atoms with Gasteiger partial charge < -0.3 is 9.42 Å². The van der Waals surface area contributed by atoms with Gasteiger partial charge in [-0.15, -0.1) is 0 Å². The third kappa shape index (κ3) is 3.20. The highest BCUT2D eigenvalue weighted by Crippen LogP contribution is 2.45. The van der Waals surface area contributed by atoms with E-state index in [0.717, 1.165) is 25.6 Å². The molecule has 8 heteroatoms. The molecule has 1 saturated carbocycles. The smallest absolute Gasteiger partial charge is 0.235 e. The van der Waals surface area contributed by atoms with Crippen LogP contribution in [0.1, 0.15) is 50.7 Å². The van der Waals surface area contributed by atoms with Gasteiger partial charge in [0.25, 0.3) is 0 Å². The molecule has 1 aliphatic carbocycles. The molecule has 146 valence electrons. The van der Waals surface area contributed by atoms with Crippen molar-refractivity contribution < 1.29 is 12.9 Å². The number of aromatic nitrogens is 2. The molecule has 2 atom stereocenters. The van der Waals surface area contributed by atoms with Crippen LogP contribution in [0.3, 0.4) is 0 Å². The largest absolute Gasteiger partial charge is 0.339 e. The van der Waals surface area contributed by atoms with Crippen molar-refractivity contribution in [2.24, 2.45) is 11.8 Å². The minimum absolute atomic E-state index is 0.143. The number of sulfonamides is 1. The average molecular weight is 383 g/mol. The fourth-order valence-corrected chi connectivity index (χ4v) is 6.39. The zero-order valence-electron chi connectivity index (χ0n) is 15.9. The van der Waals surface area contributed by atoms with Gasteiger partial charge in [0.15, 0.2) is 5.82 Å². The fraction of sp³-hybridized carbons (Fsp3) is 0.889. The van der Waals surface area contributed by atoms with Crippen LogP contribution in [0.15, 0.2) is 4.52 Å². The van der Waals surface area contributed by atoms with Gasteiger partial charge in [0.1, 0.15) is 0 Å². The van der Waals surface area contributed by atoms with Gasteiger partial charge in [0.2, 0.25) is 15.9 Å². The molecule has 3 heterocycles. The summed E-state index contributed by atoms with van der Waals surface area (Å²) in [6, 6.07) is 0. The first-order valence-electron chi connectivity index (χ1n) is 9.94. The Labute approximate surface area is 156 Å². The Morgan fingerprint density at radius 2 is 1.96 bits per heavy atom. The molecular formula is C18H30N4O3S. The topological polar surface area (TPSA) is 79.5 Å². The summed E-state index contributed by atoms with van der Waals surface area (Å²) >= 11 is 0. The van der Waals surface area contributed by atoms with E-state index >= 15 is 0 Å². The van der Waals surface area contributed by atoms with E-state index in [0.29, 0.717) is 24.8 Å². The van der Waals surface area contributed by atoms with Crippen LogP contribution in [0.5, 0.6) is 0 Å². The van der Waals surface area contributed by atoms with Crippen molar-refractivity contribution in [3.05, 3.63) is 11.7 Å². The van der Waals surface area contributed by atoms with Crippen molar-refractivity contribution >= 4 is 10.0 Å². The van der Waals surface area contributed by atoms with Crippen LogP contribution in [-0.2, 0) is 15.4 Å². The lowest BCUT2D eigenvalue weighted by Crippen LogP contribution is -2.41. The van der Waals surface area contributed by atoms with Crippen molar-refractivity contribution in [3.8, 4) is 0 Å². The Kier molecular flexibility index (Phi) is 4.86. The molecule has 0 radical (unpaired) electrons. The van der Waals surface area contributed by atoms with E-state index in [-0.39, 0.29) is 17.1 Å². The van der Waals surface area contributed by atoms with Gasteiger partial charge in [0, 0.05) is 38.6 Å². The third-order valence-corrected chi connectivity index (χ3v) is 8.40. The second kappa shape index (κ2) is 6.87. The number of hydrogen-bond donors (Lipinski definition) is 0. The molecule has 0 amide bonds. The lowest BCUT2D eigenvalue weighted by Gasteiger charge is -2.29. The predicted octanol–water partition coefficient (Wildman–Crippen LogP) is 1.79. The molecule has 0 aromatic carbocycles. The summed E-state index contributed by atoms with van der Waals surface area (Å²) in [5.74, 6) is 2.40. The van der Waals surface area contributed by atoms with Crippen LogP contribution in [-0.4, -0.2) is 66.2 Å². The van der Waals surface area contributed by atoms with E-state index in [9.17, 15) is 8.42 Å². The number of likely N-dealkylation sites (tertiary alicyclic amines) is 1. The number of rotatable bonds is 5. The highest BCUT2D eigenvalue weighted by atomic mass is 32.2. The van der Waals surface area contributed by atoms with Gasteiger partial charge >= 0.3 is 0 Å². The van der Waals surface area contributed by atoms with E-state index < -0.39 is 10.0 Å². The summed E-state index contributed by atoms with van der Waals surface area (Å²) in [7, 11) is -3.20. The summed E-state index contributed by atoms with van der Waals surface area (Å²) in [5, 5.41) is 3.99. The molecule has 7 nitrogen and oxygen atoms in total. The second-order valence-corrected chi connectivity index (χ2v) is 10.6. The van der Waals surface area contributed by atoms with E-state index in [1.54, 1.807) is 11.2 Å². The average Bonchev–Trinajstić information content (AvgIpc) is 3.28. The summed E-state index contributed by atoms with van der Waals surface area (Å²) < 4.78 is 32.1. The Bertz CT molecular complexity index is 743. The highest BCUT2D eigenvalue weighted by Gasteiger charge is 2.58. The minimum Gasteiger partial charge on any atom is -0.339 e. The van der Waals surface area contributed by atoms with Crippen molar-refractivity contribution in [2.45, 2.75) is 51.4 Å². The summed E-state index contributed by atoms with van der Waals surface area (Å²) in [5.41, 5.74) is -0.349. The monoisotopic (exact) mass is 382 g/mol. The minimum atomic E-state index is -3.20. The van der Waals surface area contributed by atoms with Crippen LogP contribution in [0, 0.1) is 18.8 Å². The van der Waals surface area contributed by atoms with Gasteiger partial charge in [-0.1, -0.05) is 24.4 Å². The Balaban J connectivity index is 1.56. The van der Waals surface area contributed by atoms with Crippen LogP contribution >= 0.6 is 0 Å². The quantitative estimate of drug-likeness (QED) is 0.772. The van der Waals surface area contributed by atoms with E-state index in [1.807, 2.05) is 6.92 Å². The Hall–Kier alpha value is -0.990. The Morgan fingerprint density at radius 1 is 1.19 bits per heavy atom. The van der Waals surface area contributed by atoms with E-state index in [1.165, 1.54) is 32.1 Å². The van der Waals surface area contributed by atoms with Crippen LogP contribution in [0.4, 0.5) is 0 Å². The highest BCUT2D eigenvalue weighted by molar-refractivity contribution is 7.89.